The predicted molar refractivity (Wildman–Crippen MR) is 141 cm³/mol. The van der Waals surface area contributed by atoms with Crippen LogP contribution < -0.4 is 26.4 Å². The Morgan fingerprint density at radius 2 is 1.76 bits per heavy atom. The minimum Gasteiger partial charge on any atom is -0.490 e. The topological polar surface area (TPSA) is 144 Å². The second-order valence-corrected chi connectivity index (χ2v) is 8.49. The number of carbonyl (C=O) groups is 2. The van der Waals surface area contributed by atoms with Crippen molar-refractivity contribution in [1.82, 2.24) is 15.8 Å². The van der Waals surface area contributed by atoms with Gasteiger partial charge in [-0.05, 0) is 68.3 Å². The normalized spacial score (nSPS) is 18.1. The molecule has 4 bridgehead atoms. The van der Waals surface area contributed by atoms with Gasteiger partial charge in [0.2, 0.25) is 5.91 Å². The molecule has 2 amide bonds. The first-order valence-electron chi connectivity index (χ1n) is 12.1. The van der Waals surface area contributed by atoms with Gasteiger partial charge in [0.15, 0.2) is 5.96 Å². The Morgan fingerprint density at radius 1 is 0.973 bits per heavy atom. The van der Waals surface area contributed by atoms with Crippen molar-refractivity contribution in [3.63, 3.8) is 0 Å². The first kappa shape index (κ1) is 25.6. The summed E-state index contributed by atoms with van der Waals surface area (Å²) in [5.74, 6) is 0.342. The van der Waals surface area contributed by atoms with Crippen molar-refractivity contribution < 1.29 is 18.8 Å². The number of nitrogens with two attached hydrogens (primary N) is 1. The van der Waals surface area contributed by atoms with Crippen molar-refractivity contribution >= 4 is 23.5 Å². The van der Waals surface area contributed by atoms with Crippen molar-refractivity contribution in [2.75, 3.05) is 25.0 Å². The van der Waals surface area contributed by atoms with E-state index in [2.05, 4.69) is 32.2 Å². The largest absolute Gasteiger partial charge is 0.490 e. The Hall–Kier alpha value is -4.44. The van der Waals surface area contributed by atoms with Crippen LogP contribution in [0.4, 0.5) is 5.69 Å². The summed E-state index contributed by atoms with van der Waals surface area (Å²) in [5, 5.41) is 13.0. The summed E-state index contributed by atoms with van der Waals surface area (Å²) >= 11 is 0. The molecule has 10 nitrogen and oxygen atoms in total. The summed E-state index contributed by atoms with van der Waals surface area (Å²) in [6, 6.07) is 14.6. The van der Waals surface area contributed by atoms with E-state index in [0.29, 0.717) is 41.6 Å². The van der Waals surface area contributed by atoms with Crippen molar-refractivity contribution in [2.24, 2.45) is 10.7 Å². The van der Waals surface area contributed by atoms with E-state index in [4.69, 9.17) is 15.0 Å². The van der Waals surface area contributed by atoms with Crippen LogP contribution in [0.25, 0.3) is 11.3 Å². The van der Waals surface area contributed by atoms with Gasteiger partial charge in [0.25, 0.3) is 5.91 Å². The molecule has 5 N–H and O–H groups in total. The van der Waals surface area contributed by atoms with Crippen LogP contribution in [0.3, 0.4) is 0 Å². The smallest absolute Gasteiger partial charge is 0.286 e. The van der Waals surface area contributed by atoms with Crippen molar-refractivity contribution in [2.45, 2.75) is 26.3 Å². The van der Waals surface area contributed by atoms with Gasteiger partial charge in [-0.2, -0.15) is 4.99 Å². The van der Waals surface area contributed by atoms with Crippen molar-refractivity contribution in [3.05, 3.63) is 77.6 Å². The van der Waals surface area contributed by atoms with E-state index in [1.807, 2.05) is 54.6 Å². The molecular formula is C27H30N6O4. The van der Waals surface area contributed by atoms with Crippen LogP contribution in [-0.2, 0) is 11.3 Å². The molecule has 0 spiro atoms. The molecule has 37 heavy (non-hydrogen) atoms. The van der Waals surface area contributed by atoms with Crippen LogP contribution in [0.1, 0.15) is 34.5 Å². The molecule has 5 heterocycles. The Morgan fingerprint density at radius 3 is 2.54 bits per heavy atom. The maximum atomic E-state index is 12.9. The predicted octanol–water partition coefficient (Wildman–Crippen LogP) is 3.15. The first-order chi connectivity index (χ1) is 18.0. The van der Waals surface area contributed by atoms with Crippen molar-refractivity contribution in [3.8, 4) is 17.0 Å². The Kier molecular flexibility index (Phi) is 8.66. The highest BCUT2D eigenvalue weighted by Crippen LogP contribution is 2.27. The molecule has 0 unspecified atom stereocenters. The van der Waals surface area contributed by atoms with E-state index < -0.39 is 5.91 Å². The Bertz CT molecular complexity index is 1280. The van der Waals surface area contributed by atoms with Gasteiger partial charge in [0, 0.05) is 17.8 Å². The number of allylic oxidation sites excluding steroid dienone is 1. The quantitative estimate of drug-likeness (QED) is 0.343. The number of hydrogen-bond acceptors (Lipinski definition) is 8. The molecule has 192 valence electrons. The van der Waals surface area contributed by atoms with Crippen molar-refractivity contribution in [1.29, 1.82) is 0 Å². The number of aryl methyl sites for hydroxylation is 1. The zero-order chi connectivity index (χ0) is 26.0. The number of nitrogens with one attached hydrogen (secondary N) is 3. The lowest BCUT2D eigenvalue weighted by atomic mass is 10.1. The van der Waals surface area contributed by atoms with Gasteiger partial charge < -0.3 is 30.9 Å². The third-order valence-corrected chi connectivity index (χ3v) is 5.66. The van der Waals surface area contributed by atoms with E-state index in [9.17, 15) is 9.59 Å². The SMILES string of the molecule is Cc1onc2c1C(=O)/N=C(\N)NCc1ccc(cc1)NC(=O)CNCCC/C=C/COc1ccc-2cc1. The number of ether oxygens (including phenoxy) is 1. The molecule has 1 aromatic heterocycles. The summed E-state index contributed by atoms with van der Waals surface area (Å²) in [6.07, 6.45) is 5.80. The minimum absolute atomic E-state index is 0.0294. The van der Waals surface area contributed by atoms with E-state index in [0.717, 1.165) is 24.9 Å². The lowest BCUT2D eigenvalue weighted by Gasteiger charge is -2.09. The summed E-state index contributed by atoms with van der Waals surface area (Å²) in [4.78, 5) is 29.1. The molecular weight excluding hydrogens is 472 g/mol. The maximum absolute atomic E-state index is 12.9. The number of nitrogens with zero attached hydrogens (tertiary/aromatic N) is 2. The number of rotatable bonds is 0. The fraction of sp³-hybridized carbons (Fsp3) is 0.259. The van der Waals surface area contributed by atoms with Gasteiger partial charge >= 0.3 is 0 Å². The zero-order valence-corrected chi connectivity index (χ0v) is 20.6. The van der Waals surface area contributed by atoms with Crippen LogP contribution in [0.5, 0.6) is 5.75 Å². The molecule has 3 aromatic rings. The molecule has 7 rings (SSSR count). The fourth-order valence-electron chi connectivity index (χ4n) is 3.72. The number of amides is 2. The summed E-state index contributed by atoms with van der Waals surface area (Å²) in [7, 11) is 0. The molecule has 0 saturated carbocycles. The van der Waals surface area contributed by atoms with Crippen LogP contribution >= 0.6 is 0 Å². The number of hydrogen-bond donors (Lipinski definition) is 4. The van der Waals surface area contributed by atoms with E-state index >= 15 is 0 Å². The molecule has 0 fully saturated rings. The number of carbonyl (C=O) groups excluding carboxylic acids is 2. The number of aromatic nitrogens is 1. The number of anilines is 1. The van der Waals surface area contributed by atoms with Gasteiger partial charge in [-0.3, -0.25) is 9.59 Å². The van der Waals surface area contributed by atoms with Gasteiger partial charge in [0.1, 0.15) is 29.4 Å². The number of guanidine groups is 1. The lowest BCUT2D eigenvalue weighted by Crippen LogP contribution is -2.32. The lowest BCUT2D eigenvalue weighted by molar-refractivity contribution is -0.115. The minimum atomic E-state index is -0.558. The molecule has 0 atom stereocenters. The highest BCUT2D eigenvalue weighted by atomic mass is 16.5. The second kappa shape index (κ2) is 12.5. The zero-order valence-electron chi connectivity index (χ0n) is 20.6. The third kappa shape index (κ3) is 7.28. The van der Waals surface area contributed by atoms with Gasteiger partial charge in [-0.15, -0.1) is 0 Å². The van der Waals surface area contributed by atoms with E-state index in [-0.39, 0.29) is 24.0 Å². The third-order valence-electron chi connectivity index (χ3n) is 5.66. The molecule has 0 aliphatic carbocycles. The second-order valence-electron chi connectivity index (χ2n) is 8.49. The van der Waals surface area contributed by atoms with Crippen LogP contribution in [0.2, 0.25) is 0 Å². The van der Waals surface area contributed by atoms with Crippen LogP contribution in [-0.4, -0.2) is 42.6 Å². The molecule has 0 saturated heterocycles. The Labute approximate surface area is 215 Å². The van der Waals surface area contributed by atoms with E-state index in [1.165, 1.54) is 0 Å². The monoisotopic (exact) mass is 502 g/mol. The summed E-state index contributed by atoms with van der Waals surface area (Å²) < 4.78 is 11.0. The average Bonchev–Trinajstić information content (AvgIpc) is 3.28. The number of benzene rings is 2. The van der Waals surface area contributed by atoms with Crippen LogP contribution in [0, 0.1) is 6.92 Å². The molecule has 10 heteroatoms. The molecule has 0 radical (unpaired) electrons. The molecule has 4 aliphatic heterocycles. The molecule has 4 aliphatic rings. The summed E-state index contributed by atoms with van der Waals surface area (Å²) in [5.41, 5.74) is 8.91. The van der Waals surface area contributed by atoms with E-state index in [1.54, 1.807) is 6.92 Å². The molecule has 2 aromatic carbocycles. The number of aliphatic imine (C=N–C) groups is 1. The van der Waals surface area contributed by atoms with Crippen LogP contribution in [0.15, 0.2) is 70.2 Å². The first-order valence-corrected chi connectivity index (χ1v) is 12.1. The fourth-order valence-corrected chi connectivity index (χ4v) is 3.72. The van der Waals surface area contributed by atoms with Gasteiger partial charge in [0.05, 0.1) is 6.54 Å². The summed E-state index contributed by atoms with van der Waals surface area (Å²) in [6.45, 7) is 3.41. The maximum Gasteiger partial charge on any atom is 0.286 e. The Balaban J connectivity index is 1.52. The van der Waals surface area contributed by atoms with Gasteiger partial charge in [-0.1, -0.05) is 29.4 Å². The average molecular weight is 503 g/mol. The highest BCUT2D eigenvalue weighted by molar-refractivity contribution is 6.06. The van der Waals surface area contributed by atoms with Gasteiger partial charge in [-0.25, -0.2) is 0 Å². The highest BCUT2D eigenvalue weighted by Gasteiger charge is 2.22. The standard InChI is InChI=1S/C27H30N6O4/c1-18-24-25(33-37-18)20-8-12-22(13-9-20)36-15-5-3-2-4-14-29-17-23(34)31-21-10-6-19(7-11-21)16-30-27(28)32-26(24)35/h3,5-13,29H,2,4,14-17H2,1H3,(H,31,34)(H3,28,30,32,35)/b5-3+.